The van der Waals surface area contributed by atoms with Crippen LogP contribution < -0.4 is 29.6 Å². The molecule has 200 valence electrons. The minimum absolute atomic E-state index is 0. The Morgan fingerprint density at radius 3 is 1.58 bits per heavy atom. The Morgan fingerprint density at radius 1 is 0.848 bits per heavy atom. The first-order chi connectivity index (χ1) is 13.2. The van der Waals surface area contributed by atoms with E-state index in [1.807, 2.05) is 13.8 Å². The molecule has 0 aliphatic carbocycles. The Bertz CT molecular complexity index is 576. The van der Waals surface area contributed by atoms with E-state index in [1.54, 1.807) is 0 Å². The van der Waals surface area contributed by atoms with Crippen LogP contribution in [0.25, 0.3) is 0 Å². The van der Waals surface area contributed by atoms with Gasteiger partial charge in [0, 0.05) is 0 Å². The summed E-state index contributed by atoms with van der Waals surface area (Å²) in [6, 6.07) is 0. The molecule has 0 aromatic rings. The first kappa shape index (κ1) is 47.7. The zero-order valence-electron chi connectivity index (χ0n) is 21.6. The monoisotopic (exact) mass is 674 g/mol. The first-order valence-electron chi connectivity index (χ1n) is 10.5. The summed E-state index contributed by atoms with van der Waals surface area (Å²) in [5.74, 6) is -1.61. The third-order valence-corrected chi connectivity index (χ3v) is 6.08. The average Bonchev–Trinajstić information content (AvgIpc) is 2.65. The second-order valence-electron chi connectivity index (χ2n) is 7.35. The fourth-order valence-electron chi connectivity index (χ4n) is 2.82. The molecular weight excluding hydrogens is 631 g/mol. The molecule has 0 aliphatic heterocycles. The van der Waals surface area contributed by atoms with Gasteiger partial charge in [0.05, 0.1) is 19.6 Å². The maximum Gasteiger partial charge on any atom is 1.00 e. The number of carbonyl (C=O) groups excluding carboxylic acids is 2. The van der Waals surface area contributed by atoms with Crippen LogP contribution in [0.4, 0.5) is 0 Å². The predicted molar refractivity (Wildman–Crippen MR) is 151 cm³/mol. The number of hydrogen-bond donors (Lipinski definition) is 1. The van der Waals surface area contributed by atoms with Gasteiger partial charge in [0.1, 0.15) is 0 Å². The van der Waals surface area contributed by atoms with Crippen LogP contribution in [0.2, 0.25) is 0 Å². The first-order valence-corrected chi connectivity index (χ1v) is 12.0. The fourth-order valence-corrected chi connectivity index (χ4v) is 3.48. The molecule has 0 aliphatic rings. The molecule has 33 heavy (non-hydrogen) atoms. The minimum Gasteiger partial charge on any atom is -1.00 e. The van der Waals surface area contributed by atoms with Crippen LogP contribution in [0.3, 0.4) is 0 Å². The molecule has 0 saturated carbocycles. The summed E-state index contributed by atoms with van der Waals surface area (Å²) in [5, 5.41) is -1.95. The summed E-state index contributed by atoms with van der Waals surface area (Å²) in [7, 11) is -4.76. The Balaban J connectivity index is -0.000000243. The van der Waals surface area contributed by atoms with Crippen molar-refractivity contribution in [1.82, 2.24) is 0 Å². The maximum atomic E-state index is 12.2. The van der Waals surface area contributed by atoms with Crippen LogP contribution in [0, 0.1) is 11.8 Å². The van der Waals surface area contributed by atoms with Gasteiger partial charge < -0.3 is 10.9 Å². The van der Waals surface area contributed by atoms with Gasteiger partial charge in [-0.2, -0.15) is 35.4 Å². The number of hydrogen-bond acceptors (Lipinski definition) is 6. The van der Waals surface area contributed by atoms with E-state index >= 15 is 0 Å². The topological polar surface area (TPSA) is 107 Å². The van der Waals surface area contributed by atoms with Gasteiger partial charge in [0.25, 0.3) is 10.1 Å². The van der Waals surface area contributed by atoms with Crippen molar-refractivity contribution in [3.8, 4) is 0 Å². The molecule has 0 aromatic heterocycles. The quantitative estimate of drug-likeness (QED) is 0.152. The molecule has 0 bridgehead atoms. The second kappa shape index (κ2) is 28.1. The molecule has 0 heterocycles. The standard InChI is InChI=1S/C20H38O7S.2BrH.Na.2H2S.H/c1-5-9-11-16(7-3)14-26-19(21)13-18(28(23,24)25)20(22)27-15-17(8-4)12-10-6-2;;;;;;/h16-18H,5-15H2,1-4H3,(H,23,24,25);2*1H;;2*1H2;/q;;;+1;;;-1. The van der Waals surface area contributed by atoms with Gasteiger partial charge in [-0.1, -0.05) is 66.2 Å². The van der Waals surface area contributed by atoms with E-state index in [0.717, 1.165) is 51.4 Å². The Kier molecular flexibility index (Phi) is 40.6. The fraction of sp³-hybridized carbons (Fsp3) is 0.900. The van der Waals surface area contributed by atoms with E-state index in [1.165, 1.54) is 0 Å². The normalized spacial score (nSPS) is 12.6. The number of unbranched alkanes of at least 4 members (excludes halogenated alkanes) is 2. The van der Waals surface area contributed by atoms with Crippen molar-refractivity contribution in [2.75, 3.05) is 13.2 Å². The average molecular weight is 677 g/mol. The van der Waals surface area contributed by atoms with Gasteiger partial charge in [-0.05, 0) is 24.7 Å². The Morgan fingerprint density at radius 2 is 1.24 bits per heavy atom. The van der Waals surface area contributed by atoms with Crippen LogP contribution >= 0.6 is 61.0 Å². The Hall–Kier alpha value is 1.51. The molecule has 0 radical (unpaired) electrons. The largest absolute Gasteiger partial charge is 1.00 e. The summed E-state index contributed by atoms with van der Waals surface area (Å²) in [4.78, 5) is 24.2. The van der Waals surface area contributed by atoms with Gasteiger partial charge in [-0.3, -0.25) is 14.1 Å². The van der Waals surface area contributed by atoms with Gasteiger partial charge in [-0.25, -0.2) is 0 Å². The molecule has 0 fully saturated rings. The molecule has 7 nitrogen and oxygen atoms in total. The maximum absolute atomic E-state index is 12.2. The van der Waals surface area contributed by atoms with Gasteiger partial charge >= 0.3 is 41.5 Å². The van der Waals surface area contributed by atoms with Crippen molar-refractivity contribution in [1.29, 1.82) is 0 Å². The van der Waals surface area contributed by atoms with E-state index in [-0.39, 0.29) is 117 Å². The Labute approximate surface area is 259 Å². The molecule has 0 saturated heterocycles. The minimum atomic E-state index is -4.76. The van der Waals surface area contributed by atoms with E-state index < -0.39 is 33.7 Å². The van der Waals surface area contributed by atoms with Crippen LogP contribution in [-0.4, -0.2) is 43.4 Å². The van der Waals surface area contributed by atoms with Crippen LogP contribution in [0.1, 0.15) is 86.9 Å². The summed E-state index contributed by atoms with van der Waals surface area (Å²) in [6.07, 6.45) is 6.74. The molecule has 3 atom stereocenters. The molecule has 0 rings (SSSR count). The van der Waals surface area contributed by atoms with Crippen molar-refractivity contribution >= 4 is 83.0 Å². The number of rotatable bonds is 16. The smallest absolute Gasteiger partial charge is 1.00 e. The number of carbonyl (C=O) groups is 2. The number of esters is 2. The van der Waals surface area contributed by atoms with Gasteiger partial charge in [-0.15, -0.1) is 34.0 Å². The van der Waals surface area contributed by atoms with E-state index in [0.29, 0.717) is 0 Å². The third kappa shape index (κ3) is 23.6. The van der Waals surface area contributed by atoms with E-state index in [4.69, 9.17) is 9.47 Å². The van der Waals surface area contributed by atoms with Crippen molar-refractivity contribution in [2.45, 2.75) is 90.7 Å². The van der Waals surface area contributed by atoms with Gasteiger partial charge in [0.2, 0.25) is 0 Å². The molecule has 3 unspecified atom stereocenters. The van der Waals surface area contributed by atoms with Gasteiger partial charge in [0.15, 0.2) is 5.25 Å². The second-order valence-corrected chi connectivity index (χ2v) is 8.95. The van der Waals surface area contributed by atoms with Crippen LogP contribution in [0.15, 0.2) is 0 Å². The van der Waals surface area contributed by atoms with Crippen molar-refractivity contribution in [3.63, 3.8) is 0 Å². The van der Waals surface area contributed by atoms with Crippen molar-refractivity contribution in [3.05, 3.63) is 0 Å². The predicted octanol–water partition coefficient (Wildman–Crippen LogP) is 2.65. The molecule has 1 N–H and O–H groups in total. The van der Waals surface area contributed by atoms with E-state index in [2.05, 4.69) is 13.8 Å². The van der Waals surface area contributed by atoms with Crippen LogP contribution in [-0.2, 0) is 29.2 Å². The van der Waals surface area contributed by atoms with Crippen LogP contribution in [0.5, 0.6) is 0 Å². The summed E-state index contributed by atoms with van der Waals surface area (Å²) >= 11 is 0. The molecule has 13 heteroatoms. The SMILES string of the molecule is Br.Br.CCCCC(CC)COC(=O)CC(C(=O)OCC(CC)CCCC)S(=O)(=O)O.S.S.[H-].[Na+]. The van der Waals surface area contributed by atoms with Crippen molar-refractivity contribution in [2.24, 2.45) is 11.8 Å². The summed E-state index contributed by atoms with van der Waals surface area (Å²) in [5.41, 5.74) is 0. The number of halogens is 2. The summed E-state index contributed by atoms with van der Waals surface area (Å²) < 4.78 is 42.8. The molecule has 0 aromatic carbocycles. The summed E-state index contributed by atoms with van der Waals surface area (Å²) in [6.45, 7) is 8.35. The zero-order chi connectivity index (χ0) is 21.6. The van der Waals surface area contributed by atoms with E-state index in [9.17, 15) is 22.6 Å². The zero-order valence-corrected chi connectivity index (χ0v) is 28.9. The molecule has 0 amide bonds. The number of ether oxygens (including phenoxy) is 2. The molecule has 0 spiro atoms. The molecular formula is C20H45Br2NaO7S3. The third-order valence-electron chi connectivity index (χ3n) is 5.00. The van der Waals surface area contributed by atoms with Crippen molar-refractivity contribution < 1.29 is 63.0 Å².